The molecule has 0 N–H and O–H groups in total. The van der Waals surface area contributed by atoms with Crippen molar-refractivity contribution >= 4 is 5.97 Å². The van der Waals surface area contributed by atoms with E-state index in [1.807, 2.05) is 6.92 Å². The molecule has 0 saturated carbocycles. The number of hydrogen-bond donors (Lipinski definition) is 0. The number of hydrogen-bond acceptors (Lipinski definition) is 2. The van der Waals surface area contributed by atoms with Gasteiger partial charge in [-0.2, -0.15) is 0 Å². The fourth-order valence-corrected chi connectivity index (χ4v) is 1.09. The van der Waals surface area contributed by atoms with Crippen LogP contribution in [0.3, 0.4) is 0 Å². The van der Waals surface area contributed by atoms with Gasteiger partial charge < -0.3 is 4.74 Å². The molecular weight excluding hydrogens is 152 g/mol. The number of carbonyl (C=O) groups excluding carboxylic acids is 1. The second-order valence-electron chi connectivity index (χ2n) is 3.38. The van der Waals surface area contributed by atoms with E-state index >= 15 is 0 Å². The van der Waals surface area contributed by atoms with Gasteiger partial charge in [-0.1, -0.05) is 19.9 Å². The van der Waals surface area contributed by atoms with Crippen LogP contribution in [0.2, 0.25) is 0 Å². The molecule has 0 spiro atoms. The van der Waals surface area contributed by atoms with E-state index in [1.54, 1.807) is 13.0 Å². The van der Waals surface area contributed by atoms with Crippen LogP contribution < -0.4 is 0 Å². The Labute approximate surface area is 74.6 Å². The van der Waals surface area contributed by atoms with Crippen molar-refractivity contribution in [1.82, 2.24) is 0 Å². The lowest BCUT2D eigenvalue weighted by Crippen LogP contribution is -2.15. The molecule has 2 nitrogen and oxygen atoms in total. The minimum Gasteiger partial charge on any atom is -0.460 e. The quantitative estimate of drug-likeness (QED) is 0.478. The lowest BCUT2D eigenvalue weighted by atomic mass is 10.1. The third-order valence-electron chi connectivity index (χ3n) is 1.42. The molecule has 0 rings (SSSR count). The number of esters is 1. The van der Waals surface area contributed by atoms with Gasteiger partial charge in [0.05, 0.1) is 6.10 Å². The molecule has 0 aromatic heterocycles. The average molecular weight is 170 g/mol. The Bertz CT molecular complexity index is 159. The summed E-state index contributed by atoms with van der Waals surface area (Å²) in [6.07, 6.45) is 4.07. The van der Waals surface area contributed by atoms with E-state index in [2.05, 4.69) is 13.8 Å². The summed E-state index contributed by atoms with van der Waals surface area (Å²) in [6, 6.07) is 0. The van der Waals surface area contributed by atoms with E-state index in [9.17, 15) is 4.79 Å². The molecule has 0 aliphatic rings. The van der Waals surface area contributed by atoms with Crippen molar-refractivity contribution in [2.75, 3.05) is 0 Å². The molecule has 0 aliphatic carbocycles. The second-order valence-corrected chi connectivity index (χ2v) is 3.38. The lowest BCUT2D eigenvalue weighted by Gasteiger charge is -2.13. The molecule has 0 radical (unpaired) electrons. The van der Waals surface area contributed by atoms with Gasteiger partial charge >= 0.3 is 5.97 Å². The molecule has 0 aromatic carbocycles. The predicted molar refractivity (Wildman–Crippen MR) is 49.8 cm³/mol. The van der Waals surface area contributed by atoms with Gasteiger partial charge in [-0.3, -0.25) is 0 Å². The topological polar surface area (TPSA) is 26.3 Å². The fraction of sp³-hybridized carbons (Fsp3) is 0.700. The maximum absolute atomic E-state index is 10.9. The molecule has 12 heavy (non-hydrogen) atoms. The van der Waals surface area contributed by atoms with Crippen molar-refractivity contribution in [1.29, 1.82) is 0 Å². The Morgan fingerprint density at radius 1 is 1.42 bits per heavy atom. The zero-order valence-corrected chi connectivity index (χ0v) is 8.33. The van der Waals surface area contributed by atoms with E-state index in [1.165, 1.54) is 6.08 Å². The maximum atomic E-state index is 10.9. The van der Waals surface area contributed by atoms with Crippen LogP contribution in [0.25, 0.3) is 0 Å². The standard InChI is InChI=1S/C10H18O2/c1-5-6-10(11)12-9(4)7-8(2)3/h5-6,8-9H,7H2,1-4H3/b6-5+/t9-/m0/s1. The Balaban J connectivity index is 3.68. The molecule has 2 heteroatoms. The number of rotatable bonds is 4. The summed E-state index contributed by atoms with van der Waals surface area (Å²) < 4.78 is 5.08. The molecule has 1 atom stereocenters. The van der Waals surface area contributed by atoms with Gasteiger partial charge in [0.1, 0.15) is 0 Å². The molecule has 0 unspecified atom stereocenters. The van der Waals surface area contributed by atoms with Gasteiger partial charge in [0.2, 0.25) is 0 Å². The van der Waals surface area contributed by atoms with E-state index in [0.29, 0.717) is 5.92 Å². The number of ether oxygens (including phenoxy) is 1. The molecule has 0 bridgehead atoms. The van der Waals surface area contributed by atoms with E-state index < -0.39 is 0 Å². The van der Waals surface area contributed by atoms with Gasteiger partial charge in [-0.05, 0) is 26.2 Å². The zero-order chi connectivity index (χ0) is 9.56. The second kappa shape index (κ2) is 5.81. The van der Waals surface area contributed by atoms with Crippen molar-refractivity contribution in [3.63, 3.8) is 0 Å². The first-order valence-electron chi connectivity index (χ1n) is 4.39. The Morgan fingerprint density at radius 2 is 2.00 bits per heavy atom. The molecule has 0 aromatic rings. The summed E-state index contributed by atoms with van der Waals surface area (Å²) in [7, 11) is 0. The number of carbonyl (C=O) groups is 1. The highest BCUT2D eigenvalue weighted by Crippen LogP contribution is 2.07. The van der Waals surface area contributed by atoms with Crippen LogP contribution in [-0.2, 0) is 9.53 Å². The van der Waals surface area contributed by atoms with Gasteiger partial charge in [-0.15, -0.1) is 0 Å². The minimum atomic E-state index is -0.245. The normalized spacial score (nSPS) is 13.8. The third kappa shape index (κ3) is 5.96. The van der Waals surface area contributed by atoms with E-state index in [4.69, 9.17) is 4.74 Å². The highest BCUT2D eigenvalue weighted by Gasteiger charge is 2.07. The summed E-state index contributed by atoms with van der Waals surface area (Å²) in [5.74, 6) is 0.323. The van der Waals surface area contributed by atoms with Crippen molar-refractivity contribution in [2.45, 2.75) is 40.2 Å². The largest absolute Gasteiger partial charge is 0.460 e. The Morgan fingerprint density at radius 3 is 2.42 bits per heavy atom. The predicted octanol–water partition coefficient (Wildman–Crippen LogP) is 2.54. The van der Waals surface area contributed by atoms with Crippen molar-refractivity contribution in [2.24, 2.45) is 5.92 Å². The molecule has 0 heterocycles. The summed E-state index contributed by atoms with van der Waals surface area (Å²) in [6.45, 7) is 7.94. The summed E-state index contributed by atoms with van der Waals surface area (Å²) >= 11 is 0. The van der Waals surface area contributed by atoms with Crippen LogP contribution in [0.15, 0.2) is 12.2 Å². The monoisotopic (exact) mass is 170 g/mol. The molecule has 0 fully saturated rings. The molecule has 0 saturated heterocycles. The molecular formula is C10H18O2. The van der Waals surface area contributed by atoms with Crippen LogP contribution in [0.5, 0.6) is 0 Å². The zero-order valence-electron chi connectivity index (χ0n) is 8.33. The van der Waals surface area contributed by atoms with Crippen LogP contribution in [0, 0.1) is 5.92 Å². The molecule has 0 amide bonds. The molecule has 0 aliphatic heterocycles. The summed E-state index contributed by atoms with van der Waals surface area (Å²) in [4.78, 5) is 10.9. The Hall–Kier alpha value is -0.790. The summed E-state index contributed by atoms with van der Waals surface area (Å²) in [5.41, 5.74) is 0. The summed E-state index contributed by atoms with van der Waals surface area (Å²) in [5, 5.41) is 0. The Kier molecular flexibility index (Phi) is 5.43. The fourth-order valence-electron chi connectivity index (χ4n) is 1.09. The molecule has 70 valence electrons. The van der Waals surface area contributed by atoms with Crippen LogP contribution >= 0.6 is 0 Å². The van der Waals surface area contributed by atoms with Gasteiger partial charge in [0.15, 0.2) is 0 Å². The van der Waals surface area contributed by atoms with Crippen LogP contribution in [-0.4, -0.2) is 12.1 Å². The smallest absolute Gasteiger partial charge is 0.330 e. The SMILES string of the molecule is C/C=C/C(=O)O[C@@H](C)CC(C)C. The van der Waals surface area contributed by atoms with Crippen molar-refractivity contribution < 1.29 is 9.53 Å². The highest BCUT2D eigenvalue weighted by atomic mass is 16.5. The van der Waals surface area contributed by atoms with Gasteiger partial charge in [0, 0.05) is 6.08 Å². The first kappa shape index (κ1) is 11.2. The van der Waals surface area contributed by atoms with Gasteiger partial charge in [-0.25, -0.2) is 4.79 Å². The lowest BCUT2D eigenvalue weighted by molar-refractivity contribution is -0.142. The van der Waals surface area contributed by atoms with Crippen molar-refractivity contribution in [3.8, 4) is 0 Å². The first-order valence-corrected chi connectivity index (χ1v) is 4.39. The maximum Gasteiger partial charge on any atom is 0.330 e. The van der Waals surface area contributed by atoms with E-state index in [-0.39, 0.29) is 12.1 Å². The highest BCUT2D eigenvalue weighted by molar-refractivity contribution is 5.81. The minimum absolute atomic E-state index is 0.0219. The van der Waals surface area contributed by atoms with Crippen molar-refractivity contribution in [3.05, 3.63) is 12.2 Å². The average Bonchev–Trinajstić information content (AvgIpc) is 1.84. The third-order valence-corrected chi connectivity index (χ3v) is 1.42. The van der Waals surface area contributed by atoms with Crippen LogP contribution in [0.1, 0.15) is 34.1 Å². The van der Waals surface area contributed by atoms with Crippen LogP contribution in [0.4, 0.5) is 0 Å². The van der Waals surface area contributed by atoms with E-state index in [0.717, 1.165) is 6.42 Å². The first-order chi connectivity index (χ1) is 5.56. The van der Waals surface area contributed by atoms with Gasteiger partial charge in [0.25, 0.3) is 0 Å². The number of allylic oxidation sites excluding steroid dienone is 1.